The number of amides is 3. The summed E-state index contributed by atoms with van der Waals surface area (Å²) in [6.45, 7) is -0.0212. The zero-order valence-corrected chi connectivity index (χ0v) is 18.5. The van der Waals surface area contributed by atoms with E-state index in [2.05, 4.69) is 21.6 Å². The van der Waals surface area contributed by atoms with Crippen molar-refractivity contribution in [1.29, 1.82) is 0 Å². The highest BCUT2D eigenvalue weighted by atomic mass is 32.1. The Morgan fingerprint density at radius 1 is 1.03 bits per heavy atom. The van der Waals surface area contributed by atoms with E-state index in [9.17, 15) is 9.59 Å². The molecule has 3 aliphatic rings. The van der Waals surface area contributed by atoms with Crippen molar-refractivity contribution in [2.24, 2.45) is 0 Å². The number of urea groups is 1. The predicted molar refractivity (Wildman–Crippen MR) is 119 cm³/mol. The first-order valence-corrected chi connectivity index (χ1v) is 12.1. The van der Waals surface area contributed by atoms with Gasteiger partial charge in [0.1, 0.15) is 12.1 Å². The van der Waals surface area contributed by atoms with Crippen molar-refractivity contribution in [2.75, 3.05) is 0 Å². The number of aryl methyl sites for hydroxylation is 3. The number of benzene rings is 1. The van der Waals surface area contributed by atoms with Crippen LogP contribution in [0, 0.1) is 0 Å². The van der Waals surface area contributed by atoms with Gasteiger partial charge >= 0.3 is 6.03 Å². The Bertz CT molecular complexity index is 1190. The van der Waals surface area contributed by atoms with Crippen LogP contribution in [0.15, 0.2) is 34.7 Å². The topological polar surface area (TPSA) is 88.3 Å². The van der Waals surface area contributed by atoms with E-state index in [0.29, 0.717) is 12.3 Å². The number of thiophene rings is 1. The molecular formula is C24H24N4O3S. The van der Waals surface area contributed by atoms with Gasteiger partial charge in [0, 0.05) is 4.88 Å². The molecule has 0 radical (unpaired) electrons. The minimum absolute atomic E-state index is 0.0212. The van der Waals surface area contributed by atoms with Crippen molar-refractivity contribution in [3.63, 3.8) is 0 Å². The van der Waals surface area contributed by atoms with Gasteiger partial charge in [-0.3, -0.25) is 9.69 Å². The molecule has 6 rings (SSSR count). The minimum atomic E-state index is -0.972. The number of imide groups is 1. The quantitative estimate of drug-likeness (QED) is 0.602. The van der Waals surface area contributed by atoms with Gasteiger partial charge in [-0.2, -0.15) is 0 Å². The minimum Gasteiger partial charge on any atom is -0.418 e. The summed E-state index contributed by atoms with van der Waals surface area (Å²) < 4.78 is 5.90. The second-order valence-electron chi connectivity index (χ2n) is 8.86. The third-order valence-corrected chi connectivity index (χ3v) is 8.11. The second-order valence-corrected chi connectivity index (χ2v) is 9.99. The van der Waals surface area contributed by atoms with Crippen LogP contribution in [0.4, 0.5) is 4.79 Å². The Morgan fingerprint density at radius 2 is 1.88 bits per heavy atom. The van der Waals surface area contributed by atoms with E-state index in [1.54, 1.807) is 11.3 Å². The number of carbonyl (C=O) groups is 2. The molecular weight excluding hydrogens is 424 g/mol. The highest BCUT2D eigenvalue weighted by molar-refractivity contribution is 7.15. The lowest BCUT2D eigenvalue weighted by atomic mass is 9.92. The molecule has 1 atom stereocenters. The largest absolute Gasteiger partial charge is 0.418 e. The number of rotatable bonds is 3. The SMILES string of the molecule is O=C1NC2(CCc3ccccc32)C(=O)N1Cc1nnc(-c2cc3c(s2)CCCCCC3)o1. The van der Waals surface area contributed by atoms with Crippen LogP contribution >= 0.6 is 11.3 Å². The van der Waals surface area contributed by atoms with Gasteiger partial charge in [-0.15, -0.1) is 21.5 Å². The van der Waals surface area contributed by atoms with Gasteiger partial charge in [0.05, 0.1) is 4.88 Å². The fraction of sp³-hybridized carbons (Fsp3) is 0.417. The number of nitrogens with one attached hydrogen (secondary N) is 1. The monoisotopic (exact) mass is 448 g/mol. The van der Waals surface area contributed by atoms with Crippen molar-refractivity contribution in [3.8, 4) is 10.8 Å². The fourth-order valence-electron chi connectivity index (χ4n) is 5.24. The highest BCUT2D eigenvalue weighted by Crippen LogP contribution is 2.41. The number of fused-ring (bicyclic) bond motifs is 3. The Balaban J connectivity index is 1.23. The van der Waals surface area contributed by atoms with Crippen LogP contribution in [-0.4, -0.2) is 27.0 Å². The molecule has 1 spiro atoms. The van der Waals surface area contributed by atoms with E-state index in [4.69, 9.17) is 4.42 Å². The Labute approximate surface area is 189 Å². The summed E-state index contributed by atoms with van der Waals surface area (Å²) in [5, 5.41) is 11.3. The summed E-state index contributed by atoms with van der Waals surface area (Å²) in [5.74, 6) is 0.490. The Hall–Kier alpha value is -3.00. The van der Waals surface area contributed by atoms with E-state index in [1.807, 2.05) is 24.3 Å². The van der Waals surface area contributed by atoms with E-state index in [0.717, 1.165) is 35.3 Å². The molecule has 2 aliphatic carbocycles. The van der Waals surface area contributed by atoms with Gasteiger partial charge in [-0.25, -0.2) is 4.79 Å². The maximum atomic E-state index is 13.3. The van der Waals surface area contributed by atoms with Gasteiger partial charge < -0.3 is 9.73 Å². The van der Waals surface area contributed by atoms with Crippen LogP contribution in [-0.2, 0) is 36.1 Å². The summed E-state index contributed by atoms with van der Waals surface area (Å²) in [6.07, 6.45) is 8.55. The molecule has 3 amide bonds. The van der Waals surface area contributed by atoms with E-state index in [1.165, 1.54) is 41.0 Å². The second kappa shape index (κ2) is 7.55. The molecule has 1 saturated heterocycles. The number of nitrogens with zero attached hydrogens (tertiary/aromatic N) is 3. The molecule has 1 fully saturated rings. The lowest BCUT2D eigenvalue weighted by Crippen LogP contribution is -2.41. The van der Waals surface area contributed by atoms with Crippen molar-refractivity contribution in [2.45, 2.75) is 63.5 Å². The van der Waals surface area contributed by atoms with Gasteiger partial charge in [-0.1, -0.05) is 37.1 Å². The predicted octanol–water partition coefficient (Wildman–Crippen LogP) is 4.35. The Kier molecular flexibility index (Phi) is 4.64. The van der Waals surface area contributed by atoms with E-state index < -0.39 is 11.6 Å². The summed E-state index contributed by atoms with van der Waals surface area (Å²) >= 11 is 1.72. The lowest BCUT2D eigenvalue weighted by molar-refractivity contribution is -0.132. The Morgan fingerprint density at radius 3 is 2.78 bits per heavy atom. The molecule has 3 heterocycles. The summed E-state index contributed by atoms with van der Waals surface area (Å²) in [4.78, 5) is 29.7. The first kappa shape index (κ1) is 19.7. The molecule has 1 aromatic carbocycles. The standard InChI is InChI=1S/C24H24N4O3S/c29-22-24(12-11-15-7-5-6-9-17(15)24)25-23(30)28(22)14-20-26-27-21(31-20)19-13-16-8-3-1-2-4-10-18(16)32-19/h5-7,9,13H,1-4,8,10-12,14H2,(H,25,30). The molecule has 8 heteroatoms. The van der Waals surface area contributed by atoms with E-state index >= 15 is 0 Å². The molecule has 32 heavy (non-hydrogen) atoms. The molecule has 0 saturated carbocycles. The molecule has 1 aliphatic heterocycles. The molecule has 7 nitrogen and oxygen atoms in total. The van der Waals surface area contributed by atoms with Crippen LogP contribution in [0.5, 0.6) is 0 Å². The summed E-state index contributed by atoms with van der Waals surface area (Å²) in [5.41, 5.74) is 2.42. The first-order valence-electron chi connectivity index (χ1n) is 11.3. The van der Waals surface area contributed by atoms with Crippen LogP contribution in [0.25, 0.3) is 10.8 Å². The van der Waals surface area contributed by atoms with Crippen molar-refractivity contribution >= 4 is 23.3 Å². The highest BCUT2D eigenvalue weighted by Gasteiger charge is 2.55. The number of aromatic nitrogens is 2. The van der Waals surface area contributed by atoms with Gasteiger partial charge in [0.25, 0.3) is 11.8 Å². The van der Waals surface area contributed by atoms with Gasteiger partial charge in [0.2, 0.25) is 5.89 Å². The third-order valence-electron chi connectivity index (χ3n) is 6.89. The molecule has 1 N–H and O–H groups in total. The normalized spacial score (nSPS) is 22.6. The van der Waals surface area contributed by atoms with Gasteiger partial charge in [0.15, 0.2) is 0 Å². The maximum Gasteiger partial charge on any atom is 0.325 e. The third kappa shape index (κ3) is 3.08. The number of hydrogen-bond acceptors (Lipinski definition) is 6. The molecule has 0 bridgehead atoms. The maximum absolute atomic E-state index is 13.3. The molecule has 2 aromatic heterocycles. The first-order chi connectivity index (χ1) is 15.6. The lowest BCUT2D eigenvalue weighted by Gasteiger charge is -2.21. The molecule has 3 aromatic rings. The van der Waals surface area contributed by atoms with Crippen molar-refractivity contribution in [3.05, 3.63) is 57.8 Å². The number of carbonyl (C=O) groups excluding carboxylic acids is 2. The smallest absolute Gasteiger partial charge is 0.325 e. The zero-order valence-electron chi connectivity index (χ0n) is 17.7. The zero-order chi connectivity index (χ0) is 21.7. The van der Waals surface area contributed by atoms with Crippen molar-refractivity contribution in [1.82, 2.24) is 20.4 Å². The average molecular weight is 449 g/mol. The van der Waals surface area contributed by atoms with E-state index in [-0.39, 0.29) is 18.3 Å². The van der Waals surface area contributed by atoms with Crippen LogP contribution in [0.1, 0.15) is 59.6 Å². The summed E-state index contributed by atoms with van der Waals surface area (Å²) in [7, 11) is 0. The fourth-order valence-corrected chi connectivity index (χ4v) is 6.41. The van der Waals surface area contributed by atoms with Crippen LogP contribution < -0.4 is 5.32 Å². The van der Waals surface area contributed by atoms with Gasteiger partial charge in [-0.05, 0) is 61.3 Å². The molecule has 1 unspecified atom stereocenters. The van der Waals surface area contributed by atoms with Crippen LogP contribution in [0.2, 0.25) is 0 Å². The molecule has 164 valence electrons. The average Bonchev–Trinajstić information content (AvgIpc) is 3.53. The summed E-state index contributed by atoms with van der Waals surface area (Å²) in [6, 6.07) is 9.57. The number of hydrogen-bond donors (Lipinski definition) is 1. The van der Waals surface area contributed by atoms with Crippen molar-refractivity contribution < 1.29 is 14.0 Å². The van der Waals surface area contributed by atoms with Crippen LogP contribution in [0.3, 0.4) is 0 Å².